The Morgan fingerprint density at radius 1 is 1.11 bits per heavy atom. The summed E-state index contributed by atoms with van der Waals surface area (Å²) in [6, 6.07) is 6.88. The van der Waals surface area contributed by atoms with Crippen LogP contribution in [0.3, 0.4) is 0 Å². The first-order chi connectivity index (χ1) is 18.1. The number of fused-ring (bicyclic) bond motifs is 1. The van der Waals surface area contributed by atoms with Crippen LogP contribution in [-0.2, 0) is 4.79 Å². The molecule has 1 atom stereocenters. The summed E-state index contributed by atoms with van der Waals surface area (Å²) < 4.78 is 40.1. The average molecular weight is 528 g/mol. The van der Waals surface area contributed by atoms with Crippen LogP contribution in [0, 0.1) is 0 Å². The third-order valence-corrected chi connectivity index (χ3v) is 6.09. The van der Waals surface area contributed by atoms with Crippen LogP contribution >= 0.6 is 0 Å². The Morgan fingerprint density at radius 3 is 2.61 bits per heavy atom. The van der Waals surface area contributed by atoms with Crippen LogP contribution in [0.15, 0.2) is 55.1 Å². The Bertz CT molecular complexity index is 1490. The van der Waals surface area contributed by atoms with Crippen molar-refractivity contribution in [3.63, 3.8) is 0 Å². The molecule has 4 heterocycles. The van der Waals surface area contributed by atoms with Crippen molar-refractivity contribution in [1.29, 1.82) is 0 Å². The van der Waals surface area contributed by atoms with Crippen molar-refractivity contribution in [2.45, 2.75) is 25.2 Å². The highest BCUT2D eigenvalue weighted by Gasteiger charge is 2.32. The van der Waals surface area contributed by atoms with Crippen molar-refractivity contribution < 1.29 is 27.9 Å². The van der Waals surface area contributed by atoms with Crippen molar-refractivity contribution in [1.82, 2.24) is 34.6 Å². The molecule has 4 aromatic rings. The molecule has 1 unspecified atom stereocenters. The molecule has 3 aromatic heterocycles. The number of amides is 3. The fourth-order valence-electron chi connectivity index (χ4n) is 4.05. The number of benzene rings is 1. The Labute approximate surface area is 213 Å². The van der Waals surface area contributed by atoms with Crippen LogP contribution in [0.2, 0.25) is 0 Å². The molecule has 11 nitrogen and oxygen atoms in total. The highest BCUT2D eigenvalue weighted by molar-refractivity contribution is 5.90. The van der Waals surface area contributed by atoms with Gasteiger partial charge in [0.05, 0.1) is 30.4 Å². The highest BCUT2D eigenvalue weighted by atomic mass is 19.4. The molecular formula is C24H23F3N8O3. The van der Waals surface area contributed by atoms with Crippen LogP contribution in [0.25, 0.3) is 28.0 Å². The van der Waals surface area contributed by atoms with Gasteiger partial charge in [0.25, 0.3) is 0 Å². The summed E-state index contributed by atoms with van der Waals surface area (Å²) in [6.07, 6.45) is 1.62. The second-order valence-electron chi connectivity index (χ2n) is 8.94. The van der Waals surface area contributed by atoms with Gasteiger partial charge in [-0.3, -0.25) is 9.48 Å². The molecule has 5 rings (SSSR count). The molecule has 198 valence electrons. The first-order valence-electron chi connectivity index (χ1n) is 11.6. The Balaban J connectivity index is 1.31. The monoisotopic (exact) mass is 528 g/mol. The van der Waals surface area contributed by atoms with E-state index in [1.807, 2.05) is 6.07 Å². The van der Waals surface area contributed by atoms with E-state index < -0.39 is 30.9 Å². The Hall–Kier alpha value is -4.46. The van der Waals surface area contributed by atoms with Crippen LogP contribution in [-0.4, -0.2) is 78.2 Å². The third-order valence-electron chi connectivity index (χ3n) is 6.09. The van der Waals surface area contributed by atoms with Crippen LogP contribution in [0.5, 0.6) is 0 Å². The van der Waals surface area contributed by atoms with Crippen molar-refractivity contribution in [2.75, 3.05) is 25.0 Å². The Morgan fingerprint density at radius 2 is 1.87 bits per heavy atom. The van der Waals surface area contributed by atoms with E-state index in [1.54, 1.807) is 75.4 Å². The standard InChI is InChI=1S/C24H23F3N8O3/c1-14(22(37)33-11-19(36)12-33)34-10-17(8-30-34)16-6-21-28-9-20(35(21)31-7-16)15-3-2-4-18(5-15)32-23(38)29-13-24(25,26)27/h2-10,14,19,36H,11-13H2,1H3,(H2,29,32,38). The zero-order valence-electron chi connectivity index (χ0n) is 20.1. The first-order valence-corrected chi connectivity index (χ1v) is 11.6. The van der Waals surface area contributed by atoms with Gasteiger partial charge in [-0.2, -0.15) is 23.4 Å². The summed E-state index contributed by atoms with van der Waals surface area (Å²) in [4.78, 5) is 30.3. The summed E-state index contributed by atoms with van der Waals surface area (Å²) in [5.41, 5.74) is 3.56. The van der Waals surface area contributed by atoms with Gasteiger partial charge < -0.3 is 20.6 Å². The number of aliphatic hydroxyl groups excluding tert-OH is 1. The number of rotatable bonds is 6. The van der Waals surface area contributed by atoms with Gasteiger partial charge in [0, 0.05) is 41.7 Å². The van der Waals surface area contributed by atoms with E-state index >= 15 is 0 Å². The molecule has 0 aliphatic carbocycles. The number of imidazole rings is 1. The minimum atomic E-state index is -4.51. The number of halogens is 3. The maximum Gasteiger partial charge on any atom is 0.405 e. The molecule has 1 fully saturated rings. The molecule has 1 aromatic carbocycles. The zero-order chi connectivity index (χ0) is 27.0. The van der Waals surface area contributed by atoms with E-state index in [0.29, 0.717) is 35.7 Å². The van der Waals surface area contributed by atoms with E-state index in [4.69, 9.17) is 0 Å². The number of carbonyl (C=O) groups is 2. The smallest absolute Gasteiger partial charge is 0.389 e. The van der Waals surface area contributed by atoms with Gasteiger partial charge in [-0.05, 0) is 25.1 Å². The number of alkyl halides is 3. The number of aromatic nitrogens is 5. The van der Waals surface area contributed by atoms with E-state index in [2.05, 4.69) is 20.5 Å². The summed E-state index contributed by atoms with van der Waals surface area (Å²) in [5, 5.41) is 22.4. The molecule has 38 heavy (non-hydrogen) atoms. The lowest BCUT2D eigenvalue weighted by atomic mass is 10.1. The van der Waals surface area contributed by atoms with Crippen LogP contribution in [0.1, 0.15) is 13.0 Å². The largest absolute Gasteiger partial charge is 0.405 e. The summed E-state index contributed by atoms with van der Waals surface area (Å²) in [5.74, 6) is -0.119. The summed E-state index contributed by atoms with van der Waals surface area (Å²) in [6.45, 7) is 0.957. The molecule has 0 bridgehead atoms. The van der Waals surface area contributed by atoms with E-state index in [9.17, 15) is 27.9 Å². The van der Waals surface area contributed by atoms with Gasteiger partial charge in [0.1, 0.15) is 12.6 Å². The minimum Gasteiger partial charge on any atom is -0.389 e. The lowest BCUT2D eigenvalue weighted by Gasteiger charge is -2.37. The first kappa shape index (κ1) is 25.2. The van der Waals surface area contributed by atoms with E-state index in [0.717, 1.165) is 11.1 Å². The summed E-state index contributed by atoms with van der Waals surface area (Å²) >= 11 is 0. The van der Waals surface area contributed by atoms with Crippen LogP contribution in [0.4, 0.5) is 23.7 Å². The number of anilines is 1. The van der Waals surface area contributed by atoms with E-state index in [1.165, 1.54) is 0 Å². The SMILES string of the molecule is CC(C(=O)N1CC(O)C1)n1cc(-c2cnn3c(-c4cccc(NC(=O)NCC(F)(F)F)c4)cnc3c2)cn1. The minimum absolute atomic E-state index is 0.119. The molecule has 1 saturated heterocycles. The topological polar surface area (TPSA) is 130 Å². The zero-order valence-corrected chi connectivity index (χ0v) is 20.1. The van der Waals surface area contributed by atoms with Gasteiger partial charge in [-0.25, -0.2) is 14.3 Å². The molecule has 1 aliphatic rings. The molecule has 0 spiro atoms. The predicted molar refractivity (Wildman–Crippen MR) is 130 cm³/mol. The van der Waals surface area contributed by atoms with Gasteiger partial charge in [-0.15, -0.1) is 0 Å². The normalized spacial score (nSPS) is 14.8. The Kier molecular flexibility index (Phi) is 6.48. The third kappa shape index (κ3) is 5.29. The van der Waals surface area contributed by atoms with Gasteiger partial charge in [-0.1, -0.05) is 12.1 Å². The van der Waals surface area contributed by atoms with Crippen molar-refractivity contribution >= 4 is 23.3 Å². The van der Waals surface area contributed by atoms with E-state index in [-0.39, 0.29) is 5.91 Å². The number of likely N-dealkylation sites (tertiary alicyclic amines) is 1. The lowest BCUT2D eigenvalue weighted by Crippen LogP contribution is -2.55. The number of urea groups is 1. The molecule has 3 amide bonds. The lowest BCUT2D eigenvalue weighted by molar-refractivity contribution is -0.144. The quantitative estimate of drug-likeness (QED) is 0.353. The van der Waals surface area contributed by atoms with Gasteiger partial charge in [0.15, 0.2) is 5.65 Å². The number of carbonyl (C=O) groups excluding carboxylic acids is 2. The van der Waals surface area contributed by atoms with Gasteiger partial charge >= 0.3 is 12.2 Å². The number of hydrogen-bond donors (Lipinski definition) is 3. The van der Waals surface area contributed by atoms with Crippen molar-refractivity contribution in [3.8, 4) is 22.4 Å². The number of hydrogen-bond acceptors (Lipinski definition) is 6. The molecule has 3 N–H and O–H groups in total. The van der Waals surface area contributed by atoms with Gasteiger partial charge in [0.2, 0.25) is 5.91 Å². The second kappa shape index (κ2) is 9.78. The maximum atomic E-state index is 12.5. The number of aliphatic hydroxyl groups is 1. The highest BCUT2D eigenvalue weighted by Crippen LogP contribution is 2.26. The maximum absolute atomic E-state index is 12.5. The average Bonchev–Trinajstić information content (AvgIpc) is 3.52. The summed E-state index contributed by atoms with van der Waals surface area (Å²) in [7, 11) is 0. The van der Waals surface area contributed by atoms with Crippen molar-refractivity contribution in [3.05, 3.63) is 55.1 Å². The van der Waals surface area contributed by atoms with Crippen LogP contribution < -0.4 is 10.6 Å². The molecule has 0 saturated carbocycles. The fourth-order valence-corrected chi connectivity index (χ4v) is 4.05. The predicted octanol–water partition coefficient (Wildman–Crippen LogP) is 2.71. The molecule has 0 radical (unpaired) electrons. The number of nitrogens with zero attached hydrogens (tertiary/aromatic N) is 6. The number of β-amino-alcohol motifs (C(OH)–C–C–N with tert-alkyl or cyclic N) is 1. The number of nitrogens with one attached hydrogen (secondary N) is 2. The molecule has 14 heteroatoms. The molecular weight excluding hydrogens is 505 g/mol. The van der Waals surface area contributed by atoms with Crippen molar-refractivity contribution in [2.24, 2.45) is 0 Å². The molecule has 1 aliphatic heterocycles. The fraction of sp³-hybridized carbons (Fsp3) is 0.292. The second-order valence-corrected chi connectivity index (χ2v) is 8.94.